The molecule has 0 fully saturated rings. The number of nitrogens with one attached hydrogen (secondary N) is 1. The van der Waals surface area contributed by atoms with E-state index < -0.39 is 0 Å². The number of amides is 1. The maximum Gasteiger partial charge on any atom is 0.243 e. The van der Waals surface area contributed by atoms with Crippen LogP contribution in [0.3, 0.4) is 0 Å². The van der Waals surface area contributed by atoms with Crippen LogP contribution in [0.15, 0.2) is 72.8 Å². The lowest BCUT2D eigenvalue weighted by atomic mass is 10.0. The third kappa shape index (κ3) is 5.85. The fraction of sp³-hybridized carbons (Fsp3) is 0.200. The second-order valence-corrected chi connectivity index (χ2v) is 7.91. The zero-order valence-corrected chi connectivity index (χ0v) is 17.9. The first-order valence-electron chi connectivity index (χ1n) is 9.84. The van der Waals surface area contributed by atoms with Gasteiger partial charge in [0.1, 0.15) is 0 Å². The third-order valence-electron chi connectivity index (χ3n) is 4.80. The molecule has 1 amide bonds. The van der Waals surface area contributed by atoms with E-state index in [0.29, 0.717) is 23.0 Å². The van der Waals surface area contributed by atoms with Crippen LogP contribution in [0.5, 0.6) is 0 Å². The van der Waals surface area contributed by atoms with Crippen LogP contribution in [-0.2, 0) is 11.3 Å². The number of carbonyl (C=O) groups excluding carboxylic acids is 1. The van der Waals surface area contributed by atoms with Gasteiger partial charge in [-0.1, -0.05) is 55.8 Å². The van der Waals surface area contributed by atoms with Crippen LogP contribution in [0.4, 0.5) is 11.4 Å². The first-order chi connectivity index (χ1) is 14.4. The van der Waals surface area contributed by atoms with Crippen molar-refractivity contribution in [3.63, 3.8) is 0 Å². The van der Waals surface area contributed by atoms with Gasteiger partial charge < -0.3 is 10.2 Å². The molecule has 152 valence electrons. The topological polar surface area (TPSA) is 56.1 Å². The highest BCUT2D eigenvalue weighted by Crippen LogP contribution is 2.21. The second-order valence-electron chi connectivity index (χ2n) is 7.47. The number of nitrogens with zero attached hydrogens (tertiary/aromatic N) is 2. The lowest BCUT2D eigenvalue weighted by molar-refractivity contribution is -0.115. The van der Waals surface area contributed by atoms with Crippen molar-refractivity contribution in [1.29, 1.82) is 5.26 Å². The Bertz CT molecular complexity index is 1050. The molecule has 0 atom stereocenters. The molecule has 0 saturated carbocycles. The Labute approximate surface area is 182 Å². The summed E-state index contributed by atoms with van der Waals surface area (Å²) in [6, 6.07) is 24.9. The second kappa shape index (κ2) is 9.96. The number of hydrogen-bond donors (Lipinski definition) is 1. The van der Waals surface area contributed by atoms with Crippen molar-refractivity contribution in [3.05, 3.63) is 94.5 Å². The zero-order chi connectivity index (χ0) is 21.5. The van der Waals surface area contributed by atoms with E-state index >= 15 is 0 Å². The van der Waals surface area contributed by atoms with Gasteiger partial charge in [-0.25, -0.2) is 0 Å². The molecule has 3 aromatic rings. The molecule has 0 spiro atoms. The number of rotatable bonds is 7. The zero-order valence-electron chi connectivity index (χ0n) is 17.1. The Morgan fingerprint density at radius 3 is 2.47 bits per heavy atom. The first-order valence-corrected chi connectivity index (χ1v) is 10.2. The van der Waals surface area contributed by atoms with Crippen molar-refractivity contribution >= 4 is 28.9 Å². The summed E-state index contributed by atoms with van der Waals surface area (Å²) in [6.45, 7) is 4.91. The molecule has 0 saturated heterocycles. The van der Waals surface area contributed by atoms with Gasteiger partial charge in [0.25, 0.3) is 0 Å². The van der Waals surface area contributed by atoms with Crippen LogP contribution in [-0.4, -0.2) is 12.5 Å². The van der Waals surface area contributed by atoms with E-state index in [2.05, 4.69) is 25.2 Å². The van der Waals surface area contributed by atoms with E-state index in [1.54, 1.807) is 12.1 Å². The lowest BCUT2D eigenvalue weighted by Gasteiger charge is -2.25. The molecule has 3 aromatic carbocycles. The predicted octanol–water partition coefficient (Wildman–Crippen LogP) is 5.98. The lowest BCUT2D eigenvalue weighted by Crippen LogP contribution is -2.33. The molecule has 0 aliphatic heterocycles. The Morgan fingerprint density at radius 2 is 1.80 bits per heavy atom. The molecular weight excluding hydrogens is 394 g/mol. The van der Waals surface area contributed by atoms with Gasteiger partial charge in [-0.3, -0.25) is 4.79 Å². The summed E-state index contributed by atoms with van der Waals surface area (Å²) in [5.74, 6) is 0.312. The summed E-state index contributed by atoms with van der Waals surface area (Å²) in [5.41, 5.74) is 4.33. The number of nitriles is 1. The van der Waals surface area contributed by atoms with Gasteiger partial charge in [-0.05, 0) is 59.5 Å². The summed E-state index contributed by atoms with van der Waals surface area (Å²) in [6.07, 6.45) is 0. The molecule has 0 unspecified atom stereocenters. The minimum Gasteiger partial charge on any atom is -0.358 e. The predicted molar refractivity (Wildman–Crippen MR) is 123 cm³/mol. The maximum atomic E-state index is 12.8. The fourth-order valence-electron chi connectivity index (χ4n) is 3.19. The minimum atomic E-state index is -0.128. The van der Waals surface area contributed by atoms with Crippen molar-refractivity contribution in [2.45, 2.75) is 26.3 Å². The molecule has 0 aliphatic rings. The molecule has 4 nitrogen and oxygen atoms in total. The molecule has 0 aromatic heterocycles. The van der Waals surface area contributed by atoms with Crippen LogP contribution in [0.2, 0.25) is 5.02 Å². The van der Waals surface area contributed by atoms with E-state index in [9.17, 15) is 10.1 Å². The van der Waals surface area contributed by atoms with Gasteiger partial charge in [0.2, 0.25) is 5.91 Å². The summed E-state index contributed by atoms with van der Waals surface area (Å²) >= 11 is 6.13. The quantitative estimate of drug-likeness (QED) is 0.514. The summed E-state index contributed by atoms with van der Waals surface area (Å²) < 4.78 is 0. The largest absolute Gasteiger partial charge is 0.358 e. The van der Waals surface area contributed by atoms with Crippen molar-refractivity contribution in [2.24, 2.45) is 0 Å². The molecule has 0 radical (unpaired) electrons. The van der Waals surface area contributed by atoms with Crippen molar-refractivity contribution in [1.82, 2.24) is 0 Å². The van der Waals surface area contributed by atoms with Gasteiger partial charge in [0.15, 0.2) is 0 Å². The molecule has 0 aliphatic carbocycles. The van der Waals surface area contributed by atoms with Crippen molar-refractivity contribution in [3.8, 4) is 6.07 Å². The standard InChI is InChI=1S/C25H24ClN3O/c1-18(2)21-9-11-23(12-10-21)28-25(30)17-29(16-20-6-3-7-22(26)13-20)24-8-4-5-19(14-24)15-27/h3-14,18H,16-17H2,1-2H3,(H,28,30). The van der Waals surface area contributed by atoms with E-state index in [0.717, 1.165) is 16.9 Å². The average molecular weight is 418 g/mol. The van der Waals surface area contributed by atoms with E-state index in [4.69, 9.17) is 11.6 Å². The molecule has 0 bridgehead atoms. The normalized spacial score (nSPS) is 10.5. The SMILES string of the molecule is CC(C)c1ccc(NC(=O)CN(Cc2cccc(Cl)c2)c2cccc(C#N)c2)cc1. The first kappa shape index (κ1) is 21.4. The average Bonchev–Trinajstić information content (AvgIpc) is 2.73. The van der Waals surface area contributed by atoms with Crippen LogP contribution in [0.1, 0.15) is 36.5 Å². The number of benzene rings is 3. The van der Waals surface area contributed by atoms with E-state index in [1.807, 2.05) is 65.6 Å². The van der Waals surface area contributed by atoms with Crippen molar-refractivity contribution in [2.75, 3.05) is 16.8 Å². The third-order valence-corrected chi connectivity index (χ3v) is 5.03. The Morgan fingerprint density at radius 1 is 1.07 bits per heavy atom. The molecule has 5 heteroatoms. The molecule has 0 heterocycles. The van der Waals surface area contributed by atoms with Crippen LogP contribution in [0.25, 0.3) is 0 Å². The summed E-state index contributed by atoms with van der Waals surface area (Å²) in [7, 11) is 0. The maximum absolute atomic E-state index is 12.8. The number of anilines is 2. The van der Waals surface area contributed by atoms with Gasteiger partial charge in [-0.15, -0.1) is 0 Å². The Balaban J connectivity index is 1.78. The van der Waals surface area contributed by atoms with Crippen LogP contribution < -0.4 is 10.2 Å². The summed E-state index contributed by atoms with van der Waals surface area (Å²) in [4.78, 5) is 14.7. The van der Waals surface area contributed by atoms with Crippen LogP contribution >= 0.6 is 11.6 Å². The molecule has 3 rings (SSSR count). The Kier molecular flexibility index (Phi) is 7.11. The molecule has 1 N–H and O–H groups in total. The van der Waals surface area contributed by atoms with Gasteiger partial charge in [0, 0.05) is 22.9 Å². The van der Waals surface area contributed by atoms with E-state index in [1.165, 1.54) is 5.56 Å². The molecular formula is C25H24ClN3O. The smallest absolute Gasteiger partial charge is 0.243 e. The van der Waals surface area contributed by atoms with Crippen molar-refractivity contribution < 1.29 is 4.79 Å². The minimum absolute atomic E-state index is 0.128. The number of halogens is 1. The monoisotopic (exact) mass is 417 g/mol. The highest BCUT2D eigenvalue weighted by Gasteiger charge is 2.14. The van der Waals surface area contributed by atoms with E-state index in [-0.39, 0.29) is 12.5 Å². The van der Waals surface area contributed by atoms with Gasteiger partial charge in [-0.2, -0.15) is 5.26 Å². The van der Waals surface area contributed by atoms with Gasteiger partial charge >= 0.3 is 0 Å². The Hall–Kier alpha value is -3.29. The van der Waals surface area contributed by atoms with Gasteiger partial charge in [0.05, 0.1) is 18.2 Å². The molecule has 30 heavy (non-hydrogen) atoms. The fourth-order valence-corrected chi connectivity index (χ4v) is 3.40. The summed E-state index contributed by atoms with van der Waals surface area (Å²) in [5, 5.41) is 12.9. The highest BCUT2D eigenvalue weighted by molar-refractivity contribution is 6.30. The number of hydrogen-bond acceptors (Lipinski definition) is 3. The number of carbonyl (C=O) groups is 1. The highest BCUT2D eigenvalue weighted by atomic mass is 35.5. The van der Waals surface area contributed by atoms with Crippen LogP contribution in [0, 0.1) is 11.3 Å².